The van der Waals surface area contributed by atoms with Gasteiger partial charge in [-0.3, -0.25) is 20.4 Å². The van der Waals surface area contributed by atoms with E-state index in [0.29, 0.717) is 5.56 Å². The molecule has 2 N–H and O–H groups in total. The van der Waals surface area contributed by atoms with E-state index in [1.54, 1.807) is 30.3 Å². The van der Waals surface area contributed by atoms with Crippen molar-refractivity contribution >= 4 is 45.2 Å². The number of carbonyl (C=O) groups is 2. The van der Waals surface area contributed by atoms with E-state index in [1.807, 2.05) is 18.2 Å². The molecule has 1 aromatic carbocycles. The van der Waals surface area contributed by atoms with Gasteiger partial charge in [0, 0.05) is 16.5 Å². The zero-order chi connectivity index (χ0) is 14.4. The molecule has 0 fully saturated rings. The molecule has 6 heteroatoms. The minimum Gasteiger partial charge on any atom is -0.268 e. The van der Waals surface area contributed by atoms with Crippen molar-refractivity contribution in [3.8, 4) is 0 Å². The lowest BCUT2D eigenvalue weighted by Gasteiger charge is -2.04. The molecule has 2 amide bonds. The SMILES string of the molecule is O=C(/C=C/c1ccc(Br)s1)NNC(=O)c1ccccc1. The average Bonchev–Trinajstić information content (AvgIpc) is 2.89. The van der Waals surface area contributed by atoms with Crippen LogP contribution in [0.25, 0.3) is 6.08 Å². The minimum atomic E-state index is -0.390. The van der Waals surface area contributed by atoms with Crippen LogP contribution in [-0.4, -0.2) is 11.8 Å². The predicted molar refractivity (Wildman–Crippen MR) is 83.1 cm³/mol. The fraction of sp³-hybridized carbons (Fsp3) is 0. The van der Waals surface area contributed by atoms with E-state index in [2.05, 4.69) is 26.8 Å². The van der Waals surface area contributed by atoms with Gasteiger partial charge in [0.1, 0.15) is 0 Å². The van der Waals surface area contributed by atoms with E-state index in [9.17, 15) is 9.59 Å². The minimum absolute atomic E-state index is 0.355. The van der Waals surface area contributed by atoms with E-state index in [0.717, 1.165) is 8.66 Å². The van der Waals surface area contributed by atoms with Crippen LogP contribution < -0.4 is 10.9 Å². The van der Waals surface area contributed by atoms with Crippen LogP contribution in [0.2, 0.25) is 0 Å². The highest BCUT2D eigenvalue weighted by Gasteiger charge is 2.04. The van der Waals surface area contributed by atoms with Crippen LogP contribution in [-0.2, 0) is 4.79 Å². The van der Waals surface area contributed by atoms with E-state index < -0.39 is 0 Å². The summed E-state index contributed by atoms with van der Waals surface area (Å²) in [5.41, 5.74) is 5.16. The summed E-state index contributed by atoms with van der Waals surface area (Å²) < 4.78 is 0.995. The van der Waals surface area contributed by atoms with Gasteiger partial charge in [0.05, 0.1) is 3.79 Å². The normalized spacial score (nSPS) is 10.4. The summed E-state index contributed by atoms with van der Waals surface area (Å²) in [6.07, 6.45) is 3.04. The Balaban J connectivity index is 1.83. The first-order valence-electron chi connectivity index (χ1n) is 5.74. The first-order valence-corrected chi connectivity index (χ1v) is 7.35. The molecule has 0 spiro atoms. The highest BCUT2D eigenvalue weighted by atomic mass is 79.9. The topological polar surface area (TPSA) is 58.2 Å². The molecule has 0 unspecified atom stereocenters. The number of thiophene rings is 1. The van der Waals surface area contributed by atoms with Crippen molar-refractivity contribution in [3.05, 3.63) is 62.8 Å². The predicted octanol–water partition coefficient (Wildman–Crippen LogP) is 2.99. The summed E-state index contributed by atoms with van der Waals surface area (Å²) in [6, 6.07) is 12.5. The van der Waals surface area contributed by atoms with Gasteiger partial charge in [-0.15, -0.1) is 11.3 Å². The zero-order valence-electron chi connectivity index (χ0n) is 10.3. The summed E-state index contributed by atoms with van der Waals surface area (Å²) in [6.45, 7) is 0. The fourth-order valence-electron chi connectivity index (χ4n) is 1.40. The molecule has 1 aromatic heterocycles. The Kier molecular flexibility index (Phi) is 5.09. The summed E-state index contributed by atoms with van der Waals surface area (Å²) in [5.74, 6) is -0.745. The summed E-state index contributed by atoms with van der Waals surface area (Å²) in [5, 5.41) is 0. The van der Waals surface area contributed by atoms with Gasteiger partial charge in [-0.05, 0) is 46.3 Å². The highest BCUT2D eigenvalue weighted by molar-refractivity contribution is 9.11. The Bertz CT molecular complexity index is 638. The fourth-order valence-corrected chi connectivity index (χ4v) is 2.72. The number of rotatable bonds is 3. The van der Waals surface area contributed by atoms with Crippen molar-refractivity contribution in [3.63, 3.8) is 0 Å². The molecular weight excluding hydrogens is 340 g/mol. The van der Waals surface area contributed by atoms with Crippen LogP contribution in [0.1, 0.15) is 15.2 Å². The van der Waals surface area contributed by atoms with E-state index >= 15 is 0 Å². The number of halogens is 1. The molecule has 102 valence electrons. The molecule has 0 atom stereocenters. The third kappa shape index (κ3) is 4.32. The second kappa shape index (κ2) is 7.02. The van der Waals surface area contributed by atoms with Crippen LogP contribution >= 0.6 is 27.3 Å². The average molecular weight is 351 g/mol. The van der Waals surface area contributed by atoms with Crippen molar-refractivity contribution in [1.29, 1.82) is 0 Å². The maximum Gasteiger partial charge on any atom is 0.269 e. The van der Waals surface area contributed by atoms with Crippen molar-refractivity contribution in [2.24, 2.45) is 0 Å². The Hall–Kier alpha value is -1.92. The molecule has 0 saturated carbocycles. The molecule has 1 heterocycles. The van der Waals surface area contributed by atoms with Crippen molar-refractivity contribution in [2.75, 3.05) is 0 Å². The van der Waals surface area contributed by atoms with E-state index in [-0.39, 0.29) is 11.8 Å². The summed E-state index contributed by atoms with van der Waals surface area (Å²) in [7, 11) is 0. The molecule has 2 rings (SSSR count). The van der Waals surface area contributed by atoms with Gasteiger partial charge in [-0.1, -0.05) is 18.2 Å². The Morgan fingerprint density at radius 2 is 1.80 bits per heavy atom. The first-order chi connectivity index (χ1) is 9.65. The number of hydrogen-bond acceptors (Lipinski definition) is 3. The zero-order valence-corrected chi connectivity index (χ0v) is 12.7. The second-order valence-electron chi connectivity index (χ2n) is 3.78. The van der Waals surface area contributed by atoms with Crippen LogP contribution in [0.5, 0.6) is 0 Å². The monoisotopic (exact) mass is 350 g/mol. The lowest BCUT2D eigenvalue weighted by atomic mass is 10.2. The van der Waals surface area contributed by atoms with Crippen molar-refractivity contribution < 1.29 is 9.59 Å². The first kappa shape index (κ1) is 14.5. The second-order valence-corrected chi connectivity index (χ2v) is 6.28. The number of hydrazine groups is 1. The number of carbonyl (C=O) groups excluding carboxylic acids is 2. The van der Waals surface area contributed by atoms with E-state index in [4.69, 9.17) is 0 Å². The third-order valence-corrected chi connectivity index (χ3v) is 3.92. The molecule has 0 saturated heterocycles. The Morgan fingerprint density at radius 1 is 1.05 bits per heavy atom. The maximum atomic E-state index is 11.7. The summed E-state index contributed by atoms with van der Waals surface area (Å²) >= 11 is 4.86. The quantitative estimate of drug-likeness (QED) is 0.660. The largest absolute Gasteiger partial charge is 0.269 e. The Labute approximate surface area is 128 Å². The van der Waals surface area contributed by atoms with Crippen LogP contribution in [0, 0.1) is 0 Å². The Morgan fingerprint density at radius 3 is 2.45 bits per heavy atom. The van der Waals surface area contributed by atoms with Gasteiger partial charge in [-0.2, -0.15) is 0 Å². The van der Waals surface area contributed by atoms with Crippen molar-refractivity contribution in [1.82, 2.24) is 10.9 Å². The highest BCUT2D eigenvalue weighted by Crippen LogP contribution is 2.22. The van der Waals surface area contributed by atoms with Gasteiger partial charge in [0.15, 0.2) is 0 Å². The number of benzene rings is 1. The molecule has 2 aromatic rings. The smallest absolute Gasteiger partial charge is 0.268 e. The molecule has 0 bridgehead atoms. The number of amides is 2. The standard InChI is InChI=1S/C14H11BrN2O2S/c15-12-8-6-11(20-12)7-9-13(18)16-17-14(19)10-4-2-1-3-5-10/h1-9H,(H,16,18)(H,17,19)/b9-7+. The number of hydrogen-bond donors (Lipinski definition) is 2. The van der Waals surface area contributed by atoms with Crippen molar-refractivity contribution in [2.45, 2.75) is 0 Å². The number of nitrogens with one attached hydrogen (secondary N) is 2. The lowest BCUT2D eigenvalue weighted by molar-refractivity contribution is -0.117. The van der Waals surface area contributed by atoms with Gasteiger partial charge in [0.2, 0.25) is 0 Å². The third-order valence-electron chi connectivity index (χ3n) is 2.33. The van der Waals surface area contributed by atoms with Gasteiger partial charge in [0.25, 0.3) is 11.8 Å². The molecular formula is C14H11BrN2O2S. The van der Waals surface area contributed by atoms with Crippen LogP contribution in [0.4, 0.5) is 0 Å². The molecule has 4 nitrogen and oxygen atoms in total. The summed E-state index contributed by atoms with van der Waals surface area (Å²) in [4.78, 5) is 24.2. The van der Waals surface area contributed by atoms with E-state index in [1.165, 1.54) is 17.4 Å². The maximum absolute atomic E-state index is 11.7. The molecule has 0 aliphatic carbocycles. The van der Waals surface area contributed by atoms with Crippen LogP contribution in [0.3, 0.4) is 0 Å². The lowest BCUT2D eigenvalue weighted by Crippen LogP contribution is -2.40. The molecule has 0 radical (unpaired) electrons. The molecule has 20 heavy (non-hydrogen) atoms. The van der Waals surface area contributed by atoms with Gasteiger partial charge < -0.3 is 0 Å². The van der Waals surface area contributed by atoms with Crippen LogP contribution in [0.15, 0.2) is 52.3 Å². The molecule has 0 aliphatic heterocycles. The van der Waals surface area contributed by atoms with Gasteiger partial charge in [-0.25, -0.2) is 0 Å². The van der Waals surface area contributed by atoms with Gasteiger partial charge >= 0.3 is 0 Å². The molecule has 0 aliphatic rings.